The van der Waals surface area contributed by atoms with Crippen LogP contribution in [0.2, 0.25) is 5.02 Å². The summed E-state index contributed by atoms with van der Waals surface area (Å²) in [5, 5.41) is 6.50. The summed E-state index contributed by atoms with van der Waals surface area (Å²) in [7, 11) is -3.85. The van der Waals surface area contributed by atoms with Crippen LogP contribution in [0, 0.1) is 10.6 Å². The average molecular weight is 479 g/mol. The Morgan fingerprint density at radius 2 is 2.00 bits per heavy atom. The summed E-state index contributed by atoms with van der Waals surface area (Å²) in [6, 6.07) is 5.08. The maximum absolute atomic E-state index is 14.3. The predicted octanol–water partition coefficient (Wildman–Crippen LogP) is 5.58. The third-order valence-electron chi connectivity index (χ3n) is 4.66. The molecule has 2 amide bonds. The molecule has 0 fully saturated rings. The van der Waals surface area contributed by atoms with Crippen LogP contribution in [-0.2, 0) is 9.92 Å². The zero-order valence-corrected chi connectivity index (χ0v) is 19.6. The molecule has 0 spiro atoms. The normalized spacial score (nSPS) is 13.2. The number of hydrogen-bond acceptors (Lipinski definition) is 5. The largest absolute Gasteiger partial charge is 0.332 e. The van der Waals surface area contributed by atoms with E-state index in [0.29, 0.717) is 22.4 Å². The molecule has 0 aliphatic carbocycles. The molecule has 0 aliphatic rings. The van der Waals surface area contributed by atoms with Crippen LogP contribution >= 0.6 is 11.6 Å². The van der Waals surface area contributed by atoms with Gasteiger partial charge in [0.2, 0.25) is 0 Å². The van der Waals surface area contributed by atoms with Gasteiger partial charge in [0.25, 0.3) is 0 Å². The van der Waals surface area contributed by atoms with Crippen molar-refractivity contribution in [2.75, 3.05) is 5.32 Å². The third kappa shape index (κ3) is 5.08. The molecule has 1 atom stereocenters. The zero-order chi connectivity index (χ0) is 23.6. The molecule has 0 saturated carbocycles. The van der Waals surface area contributed by atoms with E-state index in [0.717, 1.165) is 0 Å². The Kier molecular flexibility index (Phi) is 6.85. The number of halogens is 2. The number of carbonyl (C=O) groups is 1. The first kappa shape index (κ1) is 23.7. The van der Waals surface area contributed by atoms with E-state index >= 15 is 0 Å². The molecule has 0 bridgehead atoms. The maximum atomic E-state index is 14.3. The van der Waals surface area contributed by atoms with Crippen molar-refractivity contribution in [1.82, 2.24) is 19.5 Å². The lowest BCUT2D eigenvalue weighted by atomic mass is 9.94. The molecule has 170 valence electrons. The van der Waals surface area contributed by atoms with E-state index in [2.05, 4.69) is 20.1 Å². The molecule has 8 nitrogen and oxygen atoms in total. The van der Waals surface area contributed by atoms with Gasteiger partial charge in [0.1, 0.15) is 5.82 Å². The Balaban J connectivity index is 1.97. The second kappa shape index (κ2) is 9.25. The van der Waals surface area contributed by atoms with Crippen LogP contribution in [-0.4, -0.2) is 25.0 Å². The topological polar surface area (TPSA) is 113 Å². The average Bonchev–Trinajstić information content (AvgIpc) is 3.12. The van der Waals surface area contributed by atoms with Gasteiger partial charge < -0.3 is 5.32 Å². The standard InChI is InChI=1S/C21H24ClFN6O2S/c1-12(2)16-8-15(23)9-17(14-6-5-7-25-10-14)19(16)26-21(30)28-32(24,31)20-18(22)11-29(27-20)13(3)4/h5-13H,1-4H3,(H3,24,26,28,30,31). The van der Waals surface area contributed by atoms with Crippen LogP contribution in [0.25, 0.3) is 11.1 Å². The Morgan fingerprint density at radius 1 is 1.28 bits per heavy atom. The Hall–Kier alpha value is -2.98. The highest BCUT2D eigenvalue weighted by atomic mass is 35.5. The van der Waals surface area contributed by atoms with E-state index < -0.39 is 21.8 Å². The fourth-order valence-corrected chi connectivity index (χ4v) is 4.51. The quantitative estimate of drug-likeness (QED) is 0.429. The molecule has 2 heterocycles. The molecule has 1 unspecified atom stereocenters. The maximum Gasteiger partial charge on any atom is 0.332 e. The molecule has 1 aromatic carbocycles. The van der Waals surface area contributed by atoms with Crippen molar-refractivity contribution in [2.24, 2.45) is 0 Å². The number of aromatic nitrogens is 3. The van der Waals surface area contributed by atoms with E-state index in [-0.39, 0.29) is 22.0 Å². The van der Waals surface area contributed by atoms with Crippen molar-refractivity contribution in [3.05, 3.63) is 59.3 Å². The number of rotatable bonds is 6. The minimum Gasteiger partial charge on any atom is -0.306 e. The van der Waals surface area contributed by atoms with Crippen molar-refractivity contribution in [3.63, 3.8) is 0 Å². The lowest BCUT2D eigenvalue weighted by Crippen LogP contribution is -2.34. The monoisotopic (exact) mass is 478 g/mol. The molecule has 11 heteroatoms. The number of amides is 2. The first-order valence-corrected chi connectivity index (χ1v) is 11.8. The Bertz CT molecular complexity index is 1240. The molecular weight excluding hydrogens is 455 g/mol. The molecule has 3 rings (SSSR count). The van der Waals surface area contributed by atoms with E-state index in [4.69, 9.17) is 16.4 Å². The summed E-state index contributed by atoms with van der Waals surface area (Å²) in [5.74, 6) is -0.596. The van der Waals surface area contributed by atoms with E-state index in [1.807, 2.05) is 27.7 Å². The van der Waals surface area contributed by atoms with Crippen molar-refractivity contribution >= 4 is 33.2 Å². The molecule has 0 radical (unpaired) electrons. The van der Waals surface area contributed by atoms with Crippen molar-refractivity contribution in [1.29, 1.82) is 4.78 Å². The summed E-state index contributed by atoms with van der Waals surface area (Å²) < 4.78 is 39.1. The highest BCUT2D eigenvalue weighted by Gasteiger charge is 2.24. The first-order valence-electron chi connectivity index (χ1n) is 9.85. The number of hydrogen-bond donors (Lipinski definition) is 3. The highest BCUT2D eigenvalue weighted by Crippen LogP contribution is 2.35. The second-order valence-corrected chi connectivity index (χ2v) is 9.89. The third-order valence-corrected chi connectivity index (χ3v) is 6.37. The summed E-state index contributed by atoms with van der Waals surface area (Å²) in [6.07, 6.45) is 4.59. The molecule has 3 aromatic rings. The fourth-order valence-electron chi connectivity index (χ4n) is 3.10. The first-order chi connectivity index (χ1) is 15.0. The smallest absolute Gasteiger partial charge is 0.306 e. The van der Waals surface area contributed by atoms with E-state index in [9.17, 15) is 13.4 Å². The van der Waals surface area contributed by atoms with Crippen molar-refractivity contribution < 1.29 is 13.4 Å². The van der Waals surface area contributed by atoms with Gasteiger partial charge >= 0.3 is 6.03 Å². The van der Waals surface area contributed by atoms with Gasteiger partial charge in [0, 0.05) is 35.8 Å². The second-order valence-electron chi connectivity index (χ2n) is 7.78. The van der Waals surface area contributed by atoms with Crippen LogP contribution in [0.5, 0.6) is 0 Å². The van der Waals surface area contributed by atoms with Crippen LogP contribution in [0.15, 0.2) is 47.9 Å². The Morgan fingerprint density at radius 3 is 2.56 bits per heavy atom. The lowest BCUT2D eigenvalue weighted by molar-refractivity contribution is 0.256. The minimum atomic E-state index is -3.85. The van der Waals surface area contributed by atoms with Gasteiger partial charge in [-0.15, -0.1) is 0 Å². The SMILES string of the molecule is CC(C)c1cc(F)cc(-c2cccnc2)c1NC(=O)NS(=N)(=O)c1nn(C(C)C)cc1Cl. The van der Waals surface area contributed by atoms with Crippen molar-refractivity contribution in [2.45, 2.75) is 44.7 Å². The highest BCUT2D eigenvalue weighted by molar-refractivity contribution is 7.91. The van der Waals surface area contributed by atoms with Gasteiger partial charge in [0.15, 0.2) is 14.9 Å². The van der Waals surface area contributed by atoms with Gasteiger partial charge in [-0.25, -0.2) is 22.9 Å². The summed E-state index contributed by atoms with van der Waals surface area (Å²) in [6.45, 7) is 7.41. The predicted molar refractivity (Wildman–Crippen MR) is 123 cm³/mol. The molecule has 0 saturated heterocycles. The molecular formula is C21H24ClFN6O2S. The van der Waals surface area contributed by atoms with Crippen LogP contribution < -0.4 is 10.0 Å². The molecule has 0 aliphatic heterocycles. The number of anilines is 1. The summed E-state index contributed by atoms with van der Waals surface area (Å²) in [4.78, 5) is 16.8. The van der Waals surface area contributed by atoms with Gasteiger partial charge in [-0.1, -0.05) is 31.5 Å². The number of carbonyl (C=O) groups excluding carboxylic acids is 1. The van der Waals surface area contributed by atoms with Gasteiger partial charge in [0.05, 0.1) is 10.7 Å². The van der Waals surface area contributed by atoms with Crippen LogP contribution in [0.1, 0.15) is 45.2 Å². The molecule has 32 heavy (non-hydrogen) atoms. The summed E-state index contributed by atoms with van der Waals surface area (Å²) in [5.41, 5.74) is 1.88. The van der Waals surface area contributed by atoms with E-state index in [1.54, 1.807) is 24.5 Å². The number of urea groups is 1. The van der Waals surface area contributed by atoms with Gasteiger partial charge in [-0.2, -0.15) is 5.10 Å². The summed E-state index contributed by atoms with van der Waals surface area (Å²) >= 11 is 6.10. The van der Waals surface area contributed by atoms with Crippen molar-refractivity contribution in [3.8, 4) is 11.1 Å². The van der Waals surface area contributed by atoms with E-state index in [1.165, 1.54) is 23.0 Å². The molecule has 3 N–H and O–H groups in total. The van der Waals surface area contributed by atoms with Crippen LogP contribution in [0.4, 0.5) is 14.9 Å². The lowest BCUT2D eigenvalue weighted by Gasteiger charge is -2.19. The number of pyridine rings is 1. The van der Waals surface area contributed by atoms with Crippen LogP contribution in [0.3, 0.4) is 0 Å². The number of nitrogens with zero attached hydrogens (tertiary/aromatic N) is 3. The zero-order valence-electron chi connectivity index (χ0n) is 18.0. The Labute approximate surface area is 191 Å². The van der Waals surface area contributed by atoms with Gasteiger partial charge in [-0.05, 0) is 43.5 Å². The minimum absolute atomic E-state index is 0.0136. The number of benzene rings is 1. The number of nitrogens with one attached hydrogen (secondary N) is 3. The van der Waals surface area contributed by atoms with Gasteiger partial charge in [-0.3, -0.25) is 9.67 Å². The fraction of sp³-hybridized carbons (Fsp3) is 0.286. The molecule has 2 aromatic heterocycles.